The second-order valence-electron chi connectivity index (χ2n) is 6.07. The molecule has 0 bridgehead atoms. The molecule has 2 rings (SSSR count). The van der Waals surface area contributed by atoms with Gasteiger partial charge in [-0.15, -0.1) is 0 Å². The third-order valence-electron chi connectivity index (χ3n) is 4.15. The SMILES string of the molecule is COc1ccc(S(=O)(=O)N2CCC(C(=O)NN(C)C)CC2)cc1OC. The van der Waals surface area contributed by atoms with Crippen LogP contribution in [0.4, 0.5) is 0 Å². The molecular formula is C16H25N3O5S. The van der Waals surface area contributed by atoms with Crippen LogP contribution in [0, 0.1) is 5.92 Å². The van der Waals surface area contributed by atoms with Crippen LogP contribution in [-0.2, 0) is 14.8 Å². The van der Waals surface area contributed by atoms with Gasteiger partial charge in [0, 0.05) is 39.2 Å². The maximum Gasteiger partial charge on any atom is 0.243 e. The molecule has 9 heteroatoms. The molecule has 140 valence electrons. The van der Waals surface area contributed by atoms with Crippen molar-refractivity contribution in [3.8, 4) is 11.5 Å². The summed E-state index contributed by atoms with van der Waals surface area (Å²) in [5.74, 6) is 0.580. The first-order valence-electron chi connectivity index (χ1n) is 7.99. The molecule has 25 heavy (non-hydrogen) atoms. The predicted octanol–water partition coefficient (Wildman–Crippen LogP) is 0.697. The highest BCUT2D eigenvalue weighted by molar-refractivity contribution is 7.89. The van der Waals surface area contributed by atoms with E-state index in [4.69, 9.17) is 9.47 Å². The van der Waals surface area contributed by atoms with Crippen LogP contribution in [0.1, 0.15) is 12.8 Å². The zero-order valence-corrected chi connectivity index (χ0v) is 15.8. The Hall–Kier alpha value is -1.84. The molecule has 0 aromatic heterocycles. The second-order valence-corrected chi connectivity index (χ2v) is 8.00. The number of benzene rings is 1. The highest BCUT2D eigenvalue weighted by atomic mass is 32.2. The standard InChI is InChI=1S/C16H25N3O5S/c1-18(2)17-16(20)12-7-9-19(10-8-12)25(21,22)13-5-6-14(23-3)15(11-13)24-4/h5-6,11-12H,7-10H2,1-4H3,(H,17,20). The molecule has 0 saturated carbocycles. The van der Waals surface area contributed by atoms with Gasteiger partial charge in [-0.05, 0) is 25.0 Å². The van der Waals surface area contributed by atoms with E-state index in [0.717, 1.165) is 0 Å². The number of sulfonamides is 1. The summed E-state index contributed by atoms with van der Waals surface area (Å²) in [4.78, 5) is 12.2. The Labute approximate surface area is 148 Å². The van der Waals surface area contributed by atoms with Gasteiger partial charge in [0.15, 0.2) is 11.5 Å². The number of amides is 1. The molecule has 0 unspecified atom stereocenters. The van der Waals surface area contributed by atoms with E-state index in [1.54, 1.807) is 25.2 Å². The lowest BCUT2D eigenvalue weighted by atomic mass is 9.98. The van der Waals surface area contributed by atoms with Gasteiger partial charge in [-0.2, -0.15) is 4.31 Å². The van der Waals surface area contributed by atoms with E-state index in [1.165, 1.54) is 30.7 Å². The number of piperidine rings is 1. The van der Waals surface area contributed by atoms with Crippen LogP contribution < -0.4 is 14.9 Å². The number of nitrogens with one attached hydrogen (secondary N) is 1. The van der Waals surface area contributed by atoms with E-state index in [2.05, 4.69) is 5.43 Å². The summed E-state index contributed by atoms with van der Waals surface area (Å²) in [7, 11) is 2.81. The van der Waals surface area contributed by atoms with Gasteiger partial charge in [0.2, 0.25) is 15.9 Å². The Kier molecular flexibility index (Phi) is 6.26. The van der Waals surface area contributed by atoms with Crippen molar-refractivity contribution in [1.29, 1.82) is 0 Å². The number of hydrogen-bond donors (Lipinski definition) is 1. The highest BCUT2D eigenvalue weighted by Crippen LogP contribution is 2.31. The number of methoxy groups -OCH3 is 2. The van der Waals surface area contributed by atoms with Gasteiger partial charge in [-0.1, -0.05) is 0 Å². The number of ether oxygens (including phenoxy) is 2. The minimum atomic E-state index is -3.64. The first-order chi connectivity index (χ1) is 11.8. The van der Waals surface area contributed by atoms with E-state index in [0.29, 0.717) is 37.4 Å². The molecule has 1 N–H and O–H groups in total. The van der Waals surface area contributed by atoms with Crippen LogP contribution in [0.5, 0.6) is 11.5 Å². The topological polar surface area (TPSA) is 88.2 Å². The van der Waals surface area contributed by atoms with Crippen molar-refractivity contribution in [1.82, 2.24) is 14.7 Å². The van der Waals surface area contributed by atoms with Gasteiger partial charge < -0.3 is 9.47 Å². The fourth-order valence-electron chi connectivity index (χ4n) is 2.80. The minimum Gasteiger partial charge on any atom is -0.493 e. The minimum absolute atomic E-state index is 0.0758. The van der Waals surface area contributed by atoms with E-state index in [-0.39, 0.29) is 16.7 Å². The molecule has 1 aliphatic rings. The van der Waals surface area contributed by atoms with Gasteiger partial charge in [0.05, 0.1) is 19.1 Å². The second kappa shape index (κ2) is 8.03. The van der Waals surface area contributed by atoms with Gasteiger partial charge >= 0.3 is 0 Å². The molecule has 1 aromatic carbocycles. The van der Waals surface area contributed by atoms with Crippen molar-refractivity contribution >= 4 is 15.9 Å². The Morgan fingerprint density at radius 3 is 2.28 bits per heavy atom. The van der Waals surface area contributed by atoms with Crippen molar-refractivity contribution in [3.63, 3.8) is 0 Å². The highest BCUT2D eigenvalue weighted by Gasteiger charge is 2.32. The summed E-state index contributed by atoms with van der Waals surface area (Å²) in [5, 5.41) is 1.59. The first-order valence-corrected chi connectivity index (χ1v) is 9.43. The average Bonchev–Trinajstić information content (AvgIpc) is 2.60. The third-order valence-corrected chi connectivity index (χ3v) is 6.05. The number of hydrogen-bond acceptors (Lipinski definition) is 6. The van der Waals surface area contributed by atoms with Crippen molar-refractivity contribution < 1.29 is 22.7 Å². The van der Waals surface area contributed by atoms with Crippen molar-refractivity contribution in [2.24, 2.45) is 5.92 Å². The molecule has 1 saturated heterocycles. The normalized spacial score (nSPS) is 16.7. The zero-order valence-electron chi connectivity index (χ0n) is 15.0. The van der Waals surface area contributed by atoms with E-state index >= 15 is 0 Å². The number of carbonyl (C=O) groups is 1. The summed E-state index contributed by atoms with van der Waals surface area (Å²) in [6.45, 7) is 0.615. The molecule has 0 atom stereocenters. The molecule has 1 heterocycles. The lowest BCUT2D eigenvalue weighted by Crippen LogP contribution is -2.46. The maximum absolute atomic E-state index is 12.8. The molecule has 1 aromatic rings. The quantitative estimate of drug-likeness (QED) is 0.741. The fraction of sp³-hybridized carbons (Fsp3) is 0.562. The predicted molar refractivity (Wildman–Crippen MR) is 92.9 cm³/mol. The van der Waals surface area contributed by atoms with Crippen LogP contribution in [0.15, 0.2) is 23.1 Å². The molecule has 8 nitrogen and oxygen atoms in total. The van der Waals surface area contributed by atoms with Crippen LogP contribution in [0.25, 0.3) is 0 Å². The number of rotatable bonds is 6. The van der Waals surface area contributed by atoms with Crippen molar-refractivity contribution in [2.45, 2.75) is 17.7 Å². The smallest absolute Gasteiger partial charge is 0.243 e. The van der Waals surface area contributed by atoms with E-state index in [1.807, 2.05) is 0 Å². The van der Waals surface area contributed by atoms with Crippen LogP contribution >= 0.6 is 0 Å². The molecule has 0 spiro atoms. The molecule has 1 fully saturated rings. The molecule has 0 aliphatic carbocycles. The fourth-order valence-corrected chi connectivity index (χ4v) is 4.28. The van der Waals surface area contributed by atoms with Gasteiger partial charge in [-0.3, -0.25) is 10.2 Å². The zero-order chi connectivity index (χ0) is 18.6. The number of carbonyl (C=O) groups excluding carboxylic acids is 1. The van der Waals surface area contributed by atoms with Crippen molar-refractivity contribution in [3.05, 3.63) is 18.2 Å². The molecule has 0 radical (unpaired) electrons. The summed E-state index contributed by atoms with van der Waals surface area (Å²) in [6, 6.07) is 4.53. The first kappa shape index (κ1) is 19.5. The number of hydrazine groups is 1. The Morgan fingerprint density at radius 2 is 1.76 bits per heavy atom. The molecule has 1 aliphatic heterocycles. The lowest BCUT2D eigenvalue weighted by molar-refractivity contribution is -0.130. The summed E-state index contributed by atoms with van der Waals surface area (Å²) in [5.41, 5.74) is 2.72. The summed E-state index contributed by atoms with van der Waals surface area (Å²) in [6.07, 6.45) is 0.985. The molecule has 1 amide bonds. The maximum atomic E-state index is 12.8. The number of nitrogens with zero attached hydrogens (tertiary/aromatic N) is 2. The Balaban J connectivity index is 2.10. The largest absolute Gasteiger partial charge is 0.493 e. The van der Waals surface area contributed by atoms with Crippen LogP contribution in [-0.4, -0.2) is 65.0 Å². The average molecular weight is 371 g/mol. The summed E-state index contributed by atoms with van der Waals surface area (Å²) >= 11 is 0. The van der Waals surface area contributed by atoms with Crippen LogP contribution in [0.3, 0.4) is 0 Å². The van der Waals surface area contributed by atoms with Crippen LogP contribution in [0.2, 0.25) is 0 Å². The Bertz CT molecular complexity index is 712. The third kappa shape index (κ3) is 4.42. The van der Waals surface area contributed by atoms with Gasteiger partial charge in [-0.25, -0.2) is 13.4 Å². The monoisotopic (exact) mass is 371 g/mol. The van der Waals surface area contributed by atoms with Gasteiger partial charge in [0.25, 0.3) is 0 Å². The van der Waals surface area contributed by atoms with Gasteiger partial charge in [0.1, 0.15) is 0 Å². The summed E-state index contributed by atoms with van der Waals surface area (Å²) < 4.78 is 37.4. The van der Waals surface area contributed by atoms with Crippen molar-refractivity contribution in [2.75, 3.05) is 41.4 Å². The van der Waals surface area contributed by atoms with E-state index in [9.17, 15) is 13.2 Å². The molecular weight excluding hydrogens is 346 g/mol. The Morgan fingerprint density at radius 1 is 1.16 bits per heavy atom. The van der Waals surface area contributed by atoms with E-state index < -0.39 is 10.0 Å². The lowest BCUT2D eigenvalue weighted by Gasteiger charge is -2.31.